The van der Waals surface area contributed by atoms with Crippen molar-refractivity contribution in [1.29, 1.82) is 5.26 Å². The summed E-state index contributed by atoms with van der Waals surface area (Å²) in [7, 11) is 3.95. The zero-order valence-electron chi connectivity index (χ0n) is 25.3. The van der Waals surface area contributed by atoms with Crippen molar-refractivity contribution in [2.45, 2.75) is 65.1 Å². The van der Waals surface area contributed by atoms with Crippen molar-refractivity contribution in [3.63, 3.8) is 0 Å². The summed E-state index contributed by atoms with van der Waals surface area (Å²) in [5.41, 5.74) is 5.93. The summed E-state index contributed by atoms with van der Waals surface area (Å²) in [6.45, 7) is 11.0. The van der Waals surface area contributed by atoms with Gasteiger partial charge < -0.3 is 24.5 Å². The topological polar surface area (TPSA) is 116 Å². The molecule has 0 spiro atoms. The summed E-state index contributed by atoms with van der Waals surface area (Å²) in [4.78, 5) is 18.7. The van der Waals surface area contributed by atoms with Crippen LogP contribution in [0.4, 0.5) is 22.0 Å². The van der Waals surface area contributed by atoms with Crippen molar-refractivity contribution >= 4 is 23.3 Å². The van der Waals surface area contributed by atoms with E-state index in [-0.39, 0.29) is 23.5 Å². The molecule has 1 saturated heterocycles. The van der Waals surface area contributed by atoms with Crippen LogP contribution in [0.25, 0.3) is 11.1 Å². The summed E-state index contributed by atoms with van der Waals surface area (Å²) in [6.07, 6.45) is 5.15. The van der Waals surface area contributed by atoms with Crippen molar-refractivity contribution in [3.05, 3.63) is 41.3 Å². The fourth-order valence-corrected chi connectivity index (χ4v) is 6.94. The molecule has 6 rings (SSSR count). The number of nitriles is 1. The number of hydrogen-bond donors (Lipinski definition) is 1. The maximum atomic E-state index is 12.6. The standard InChI is InChI=1S/C31H40N8O3/c1-19-17-38(26-13-20(15-32)23(14-25(26)36(19)6)21-16-33-35(5)18-21)29-27-24(39(34-29)22-8-11-42-12-9-22)7-10-37(30(40)41)28(27)31(2,3)4/h13-14,16,18-19,22,28H,7-12,17H2,1-6H3,(H,40,41). The molecule has 222 valence electrons. The smallest absolute Gasteiger partial charge is 0.407 e. The average Bonchev–Trinajstić information content (AvgIpc) is 3.57. The summed E-state index contributed by atoms with van der Waals surface area (Å²) in [5.74, 6) is 0.793. The number of carboxylic acid groups (broad SMARTS) is 1. The lowest BCUT2D eigenvalue weighted by Gasteiger charge is -2.45. The van der Waals surface area contributed by atoms with E-state index in [0.717, 1.165) is 52.4 Å². The van der Waals surface area contributed by atoms with Gasteiger partial charge in [-0.25, -0.2) is 4.79 Å². The SMILES string of the molecule is CC1CN(c2nn(C3CCOCC3)c3c2C(C(C)(C)C)N(C(=O)O)CC3)c2cc(C#N)c(-c3cnn(C)c3)cc2N1C. The summed E-state index contributed by atoms with van der Waals surface area (Å²) < 4.78 is 9.60. The van der Waals surface area contributed by atoms with E-state index >= 15 is 0 Å². The van der Waals surface area contributed by atoms with E-state index in [0.29, 0.717) is 38.3 Å². The molecule has 11 nitrogen and oxygen atoms in total. The highest BCUT2D eigenvalue weighted by Crippen LogP contribution is 2.51. The number of nitrogens with zero attached hydrogens (tertiary/aromatic N) is 8. The monoisotopic (exact) mass is 572 g/mol. The number of benzene rings is 1. The number of aromatic nitrogens is 4. The molecule has 3 aliphatic heterocycles. The van der Waals surface area contributed by atoms with Crippen LogP contribution in [-0.2, 0) is 18.2 Å². The van der Waals surface area contributed by atoms with E-state index in [1.54, 1.807) is 15.8 Å². The second-order valence-electron chi connectivity index (χ2n) is 12.9. The highest BCUT2D eigenvalue weighted by molar-refractivity contribution is 5.87. The van der Waals surface area contributed by atoms with Gasteiger partial charge in [-0.2, -0.15) is 15.5 Å². The maximum absolute atomic E-state index is 12.6. The van der Waals surface area contributed by atoms with Gasteiger partial charge in [0.2, 0.25) is 0 Å². The van der Waals surface area contributed by atoms with E-state index < -0.39 is 6.09 Å². The van der Waals surface area contributed by atoms with Gasteiger partial charge in [0.05, 0.1) is 41.3 Å². The van der Waals surface area contributed by atoms with Gasteiger partial charge >= 0.3 is 6.09 Å². The van der Waals surface area contributed by atoms with Crippen LogP contribution in [0.1, 0.15) is 69.4 Å². The fraction of sp³-hybridized carbons (Fsp3) is 0.548. The second kappa shape index (κ2) is 10.3. The third-order valence-electron chi connectivity index (χ3n) is 9.09. The first-order chi connectivity index (χ1) is 20.0. The summed E-state index contributed by atoms with van der Waals surface area (Å²) >= 11 is 0. The molecule has 1 N–H and O–H groups in total. The predicted molar refractivity (Wildman–Crippen MR) is 160 cm³/mol. The van der Waals surface area contributed by atoms with Crippen LogP contribution in [-0.4, -0.2) is 75.1 Å². The largest absolute Gasteiger partial charge is 0.465 e. The van der Waals surface area contributed by atoms with Gasteiger partial charge in [0.15, 0.2) is 5.82 Å². The normalized spacial score (nSPS) is 21.2. The number of hydrogen-bond acceptors (Lipinski definition) is 7. The van der Waals surface area contributed by atoms with Crippen LogP contribution in [0.5, 0.6) is 0 Å². The van der Waals surface area contributed by atoms with Gasteiger partial charge in [-0.05, 0) is 37.3 Å². The number of fused-ring (bicyclic) bond motifs is 2. The van der Waals surface area contributed by atoms with E-state index in [9.17, 15) is 15.2 Å². The molecule has 0 saturated carbocycles. The number of anilines is 3. The Bertz CT molecular complexity index is 1550. The lowest BCUT2D eigenvalue weighted by Crippen LogP contribution is -2.47. The van der Waals surface area contributed by atoms with Gasteiger partial charge in [-0.1, -0.05) is 20.8 Å². The Morgan fingerprint density at radius 1 is 1.17 bits per heavy atom. The Hall–Kier alpha value is -4.04. The van der Waals surface area contributed by atoms with Gasteiger partial charge in [0, 0.05) is 81.4 Å². The van der Waals surface area contributed by atoms with Crippen LogP contribution in [0.2, 0.25) is 0 Å². The van der Waals surface area contributed by atoms with Gasteiger partial charge in [0.1, 0.15) is 0 Å². The van der Waals surface area contributed by atoms with Crippen molar-refractivity contribution in [1.82, 2.24) is 24.5 Å². The Labute approximate surface area is 246 Å². The van der Waals surface area contributed by atoms with Crippen LogP contribution in [0.3, 0.4) is 0 Å². The van der Waals surface area contributed by atoms with Crippen molar-refractivity contribution < 1.29 is 14.6 Å². The predicted octanol–water partition coefficient (Wildman–Crippen LogP) is 5.11. The molecule has 3 aromatic rings. The molecule has 2 unspecified atom stereocenters. The molecule has 1 fully saturated rings. The summed E-state index contributed by atoms with van der Waals surface area (Å²) in [6, 6.07) is 6.44. The third kappa shape index (κ3) is 4.58. The highest BCUT2D eigenvalue weighted by atomic mass is 16.5. The number of carbonyl (C=O) groups is 1. The quantitative estimate of drug-likeness (QED) is 0.461. The molecule has 2 atom stereocenters. The maximum Gasteiger partial charge on any atom is 0.407 e. The summed E-state index contributed by atoms with van der Waals surface area (Å²) in [5, 5.41) is 30.3. The molecule has 0 bridgehead atoms. The number of rotatable bonds is 3. The lowest BCUT2D eigenvalue weighted by atomic mass is 9.78. The van der Waals surface area contributed by atoms with E-state index in [2.05, 4.69) is 66.5 Å². The van der Waals surface area contributed by atoms with Crippen LogP contribution in [0.15, 0.2) is 24.5 Å². The molecule has 42 heavy (non-hydrogen) atoms. The molecule has 1 amide bonds. The second-order valence-corrected chi connectivity index (χ2v) is 12.9. The van der Waals surface area contributed by atoms with Crippen molar-refractivity contribution in [3.8, 4) is 17.2 Å². The van der Waals surface area contributed by atoms with Crippen LogP contribution < -0.4 is 9.80 Å². The minimum atomic E-state index is -0.912. The number of ether oxygens (including phenoxy) is 1. The number of likely N-dealkylation sites (N-methyl/N-ethyl adjacent to an activating group) is 1. The number of aryl methyl sites for hydroxylation is 1. The Morgan fingerprint density at radius 3 is 2.52 bits per heavy atom. The first-order valence-electron chi connectivity index (χ1n) is 14.8. The van der Waals surface area contributed by atoms with Gasteiger partial charge in [0.25, 0.3) is 0 Å². The molecular weight excluding hydrogens is 532 g/mol. The van der Waals surface area contributed by atoms with E-state index in [4.69, 9.17) is 9.84 Å². The third-order valence-corrected chi connectivity index (χ3v) is 9.09. The molecule has 0 aliphatic carbocycles. The molecule has 3 aliphatic rings. The Balaban J connectivity index is 1.58. The van der Waals surface area contributed by atoms with Crippen molar-refractivity contribution in [2.24, 2.45) is 12.5 Å². The van der Waals surface area contributed by atoms with E-state index in [1.165, 1.54) is 0 Å². The fourth-order valence-electron chi connectivity index (χ4n) is 6.94. The highest BCUT2D eigenvalue weighted by Gasteiger charge is 2.45. The first-order valence-corrected chi connectivity index (χ1v) is 14.8. The first kappa shape index (κ1) is 28.1. The van der Waals surface area contributed by atoms with Crippen molar-refractivity contribution in [2.75, 3.05) is 43.2 Å². The lowest BCUT2D eigenvalue weighted by molar-refractivity contribution is 0.0617. The molecule has 5 heterocycles. The van der Waals surface area contributed by atoms with Crippen LogP contribution in [0, 0.1) is 16.7 Å². The Kier molecular flexibility index (Phi) is 6.92. The number of amides is 1. The van der Waals surface area contributed by atoms with Crippen LogP contribution >= 0.6 is 0 Å². The Morgan fingerprint density at radius 2 is 1.90 bits per heavy atom. The van der Waals surface area contributed by atoms with Gasteiger partial charge in [-0.3, -0.25) is 9.36 Å². The average molecular weight is 573 g/mol. The minimum absolute atomic E-state index is 0.142. The molecular formula is C31H40N8O3. The van der Waals surface area contributed by atoms with E-state index in [1.807, 2.05) is 19.3 Å². The van der Waals surface area contributed by atoms with Gasteiger partial charge in [-0.15, -0.1) is 0 Å². The molecule has 2 aromatic heterocycles. The zero-order valence-corrected chi connectivity index (χ0v) is 25.3. The zero-order chi connectivity index (χ0) is 29.9. The molecule has 1 aromatic carbocycles. The molecule has 0 radical (unpaired) electrons. The minimum Gasteiger partial charge on any atom is -0.465 e. The molecule has 11 heteroatoms.